The summed E-state index contributed by atoms with van der Waals surface area (Å²) in [5.74, 6) is -2.02. The molecule has 4 nitrogen and oxygen atoms in total. The van der Waals surface area contributed by atoms with E-state index in [1.54, 1.807) is 0 Å². The van der Waals surface area contributed by atoms with Crippen molar-refractivity contribution in [1.29, 1.82) is 0 Å². The van der Waals surface area contributed by atoms with E-state index in [2.05, 4.69) is 10.6 Å². The van der Waals surface area contributed by atoms with Gasteiger partial charge in [0.2, 0.25) is 0 Å². The SMILES string of the molecule is O=C(Nc1ccc(F)c(F)c1)N[C@@H]1c2ccccc2C[C@@H]1O. The minimum atomic E-state index is -1.04. The third-order valence-electron chi connectivity index (χ3n) is 3.67. The van der Waals surface area contributed by atoms with Gasteiger partial charge in [-0.25, -0.2) is 13.6 Å². The Balaban J connectivity index is 1.70. The number of rotatable bonds is 2. The number of carbonyl (C=O) groups is 1. The van der Waals surface area contributed by atoms with Crippen LogP contribution in [0.25, 0.3) is 0 Å². The summed E-state index contributed by atoms with van der Waals surface area (Å²) in [6.07, 6.45) is -0.250. The van der Waals surface area contributed by atoms with Crippen molar-refractivity contribution in [3.8, 4) is 0 Å². The first kappa shape index (κ1) is 14.5. The number of fused-ring (bicyclic) bond motifs is 1. The summed E-state index contributed by atoms with van der Waals surface area (Å²) in [6.45, 7) is 0. The lowest BCUT2D eigenvalue weighted by molar-refractivity contribution is 0.144. The van der Waals surface area contributed by atoms with Crippen LogP contribution < -0.4 is 10.6 Å². The average molecular weight is 304 g/mol. The minimum absolute atomic E-state index is 0.136. The van der Waals surface area contributed by atoms with Gasteiger partial charge in [0.15, 0.2) is 11.6 Å². The highest BCUT2D eigenvalue weighted by Crippen LogP contribution is 2.31. The summed E-state index contributed by atoms with van der Waals surface area (Å²) in [4.78, 5) is 12.0. The van der Waals surface area contributed by atoms with E-state index < -0.39 is 29.8 Å². The molecule has 6 heteroatoms. The molecular formula is C16H14F2N2O2. The van der Waals surface area contributed by atoms with E-state index in [0.717, 1.165) is 23.3 Å². The molecule has 2 aromatic carbocycles. The van der Waals surface area contributed by atoms with E-state index in [9.17, 15) is 18.7 Å². The van der Waals surface area contributed by atoms with Gasteiger partial charge >= 0.3 is 6.03 Å². The molecule has 1 aliphatic rings. The Labute approximate surface area is 125 Å². The fourth-order valence-corrected chi connectivity index (χ4v) is 2.63. The van der Waals surface area contributed by atoms with Gasteiger partial charge in [0.05, 0.1) is 12.1 Å². The number of carbonyl (C=O) groups excluding carboxylic acids is 1. The largest absolute Gasteiger partial charge is 0.390 e. The molecule has 0 aliphatic heterocycles. The van der Waals surface area contributed by atoms with Gasteiger partial charge in [-0.15, -0.1) is 0 Å². The number of hydrogen-bond donors (Lipinski definition) is 3. The lowest BCUT2D eigenvalue weighted by atomic mass is 10.1. The normalized spacial score (nSPS) is 19.6. The Morgan fingerprint density at radius 1 is 1.14 bits per heavy atom. The monoisotopic (exact) mass is 304 g/mol. The lowest BCUT2D eigenvalue weighted by Crippen LogP contribution is -2.36. The fourth-order valence-electron chi connectivity index (χ4n) is 2.63. The summed E-state index contributed by atoms with van der Waals surface area (Å²) in [5, 5.41) is 15.1. The van der Waals surface area contributed by atoms with Gasteiger partial charge in [-0.2, -0.15) is 0 Å². The van der Waals surface area contributed by atoms with E-state index in [1.165, 1.54) is 6.07 Å². The summed E-state index contributed by atoms with van der Waals surface area (Å²) < 4.78 is 26.0. The van der Waals surface area contributed by atoms with E-state index in [4.69, 9.17) is 0 Å². The summed E-state index contributed by atoms with van der Waals surface area (Å²) in [6, 6.07) is 9.42. The standard InChI is InChI=1S/C16H14F2N2O2/c17-12-6-5-10(8-13(12)18)19-16(22)20-15-11-4-2-1-3-9(11)7-14(15)21/h1-6,8,14-15,21H,7H2,(H2,19,20,22)/t14-,15+/m0/s1. The molecule has 0 saturated heterocycles. The highest BCUT2D eigenvalue weighted by atomic mass is 19.2. The Morgan fingerprint density at radius 3 is 2.68 bits per heavy atom. The number of urea groups is 1. The van der Waals surface area contributed by atoms with Crippen LogP contribution in [-0.4, -0.2) is 17.2 Å². The zero-order valence-electron chi connectivity index (χ0n) is 11.5. The number of halogens is 2. The Morgan fingerprint density at radius 2 is 1.91 bits per heavy atom. The van der Waals surface area contributed by atoms with Gasteiger partial charge in [0.1, 0.15) is 0 Å². The van der Waals surface area contributed by atoms with E-state index in [-0.39, 0.29) is 5.69 Å². The van der Waals surface area contributed by atoms with Crippen molar-refractivity contribution >= 4 is 11.7 Å². The van der Waals surface area contributed by atoms with Crippen molar-refractivity contribution in [3.63, 3.8) is 0 Å². The number of aliphatic hydroxyl groups is 1. The second-order valence-electron chi connectivity index (χ2n) is 5.18. The lowest BCUT2D eigenvalue weighted by Gasteiger charge is -2.18. The molecule has 2 atom stereocenters. The predicted molar refractivity (Wildman–Crippen MR) is 77.4 cm³/mol. The molecule has 0 radical (unpaired) electrons. The molecule has 2 amide bonds. The quantitative estimate of drug-likeness (QED) is 0.799. The van der Waals surface area contributed by atoms with Crippen molar-refractivity contribution in [2.24, 2.45) is 0 Å². The van der Waals surface area contributed by atoms with Crippen LogP contribution in [0.4, 0.5) is 19.3 Å². The van der Waals surface area contributed by atoms with Crippen molar-refractivity contribution in [3.05, 3.63) is 65.2 Å². The maximum atomic E-state index is 13.1. The van der Waals surface area contributed by atoms with Gasteiger partial charge in [0, 0.05) is 18.2 Å². The van der Waals surface area contributed by atoms with Crippen LogP contribution in [-0.2, 0) is 6.42 Å². The van der Waals surface area contributed by atoms with Crippen molar-refractivity contribution in [2.75, 3.05) is 5.32 Å². The molecule has 0 fully saturated rings. The van der Waals surface area contributed by atoms with Crippen LogP contribution in [0.5, 0.6) is 0 Å². The van der Waals surface area contributed by atoms with E-state index in [1.807, 2.05) is 24.3 Å². The Kier molecular flexibility index (Phi) is 3.77. The number of amides is 2. The predicted octanol–water partition coefficient (Wildman–Crippen LogP) is 2.74. The molecule has 0 unspecified atom stereocenters. The molecule has 0 heterocycles. The molecular weight excluding hydrogens is 290 g/mol. The van der Waals surface area contributed by atoms with Gasteiger partial charge in [0.25, 0.3) is 0 Å². The summed E-state index contributed by atoms with van der Waals surface area (Å²) in [7, 11) is 0. The highest BCUT2D eigenvalue weighted by Gasteiger charge is 2.31. The maximum absolute atomic E-state index is 13.1. The molecule has 0 aromatic heterocycles. The van der Waals surface area contributed by atoms with Gasteiger partial charge in [-0.1, -0.05) is 24.3 Å². The molecule has 3 N–H and O–H groups in total. The second kappa shape index (κ2) is 5.73. The molecule has 22 heavy (non-hydrogen) atoms. The fraction of sp³-hybridized carbons (Fsp3) is 0.188. The third-order valence-corrected chi connectivity index (χ3v) is 3.67. The number of benzene rings is 2. The first-order valence-corrected chi connectivity index (χ1v) is 6.83. The van der Waals surface area contributed by atoms with Gasteiger partial charge in [-0.05, 0) is 23.3 Å². The first-order valence-electron chi connectivity index (χ1n) is 6.83. The number of hydrogen-bond acceptors (Lipinski definition) is 2. The molecule has 2 aromatic rings. The Hall–Kier alpha value is -2.47. The number of nitrogens with one attached hydrogen (secondary N) is 2. The molecule has 0 bridgehead atoms. The molecule has 0 saturated carbocycles. The number of aliphatic hydroxyl groups excluding tert-OH is 1. The zero-order chi connectivity index (χ0) is 15.7. The van der Waals surface area contributed by atoms with Crippen molar-refractivity contribution in [2.45, 2.75) is 18.6 Å². The molecule has 114 valence electrons. The van der Waals surface area contributed by atoms with Crippen LogP contribution in [0.2, 0.25) is 0 Å². The van der Waals surface area contributed by atoms with Crippen LogP contribution in [0.3, 0.4) is 0 Å². The Bertz CT molecular complexity index is 721. The van der Waals surface area contributed by atoms with Gasteiger partial charge in [-0.3, -0.25) is 0 Å². The minimum Gasteiger partial charge on any atom is -0.390 e. The maximum Gasteiger partial charge on any atom is 0.319 e. The zero-order valence-corrected chi connectivity index (χ0v) is 11.5. The molecule has 1 aliphatic carbocycles. The molecule has 3 rings (SSSR count). The van der Waals surface area contributed by atoms with E-state index in [0.29, 0.717) is 6.42 Å². The number of anilines is 1. The smallest absolute Gasteiger partial charge is 0.319 e. The summed E-state index contributed by atoms with van der Waals surface area (Å²) >= 11 is 0. The van der Waals surface area contributed by atoms with Crippen molar-refractivity contribution in [1.82, 2.24) is 5.32 Å². The second-order valence-corrected chi connectivity index (χ2v) is 5.18. The van der Waals surface area contributed by atoms with Crippen LogP contribution >= 0.6 is 0 Å². The first-order chi connectivity index (χ1) is 10.5. The van der Waals surface area contributed by atoms with Crippen molar-refractivity contribution < 1.29 is 18.7 Å². The van der Waals surface area contributed by atoms with E-state index >= 15 is 0 Å². The van der Waals surface area contributed by atoms with Crippen LogP contribution in [0, 0.1) is 11.6 Å². The van der Waals surface area contributed by atoms with Gasteiger partial charge < -0.3 is 15.7 Å². The topological polar surface area (TPSA) is 61.4 Å². The average Bonchev–Trinajstić information content (AvgIpc) is 2.79. The highest BCUT2D eigenvalue weighted by molar-refractivity contribution is 5.89. The molecule has 0 spiro atoms. The summed E-state index contributed by atoms with van der Waals surface area (Å²) in [5.41, 5.74) is 1.97. The third kappa shape index (κ3) is 2.78. The van der Waals surface area contributed by atoms with Crippen LogP contribution in [0.1, 0.15) is 17.2 Å². The van der Waals surface area contributed by atoms with Crippen LogP contribution in [0.15, 0.2) is 42.5 Å².